The van der Waals surface area contributed by atoms with E-state index in [4.69, 9.17) is 5.11 Å². The fraction of sp³-hybridized carbons (Fsp3) is 0.167. The number of aromatic amines is 1. The molecular formula is C12H12N2O3. The second-order valence-corrected chi connectivity index (χ2v) is 3.69. The van der Waals surface area contributed by atoms with Crippen LogP contribution in [0.3, 0.4) is 0 Å². The zero-order chi connectivity index (χ0) is 12.3. The lowest BCUT2D eigenvalue weighted by Crippen LogP contribution is -2.05. The maximum atomic E-state index is 10.5. The molecule has 5 heteroatoms. The average molecular weight is 232 g/mol. The van der Waals surface area contributed by atoms with Crippen molar-refractivity contribution in [3.63, 3.8) is 0 Å². The minimum atomic E-state index is -1.06. The molecule has 1 aromatic heterocycles. The molecule has 2 aromatic rings. The number of nitrogens with zero attached hydrogens (tertiary/aromatic N) is 1. The summed E-state index contributed by atoms with van der Waals surface area (Å²) in [4.78, 5) is 10.5. The van der Waals surface area contributed by atoms with Crippen LogP contribution in [0.25, 0.3) is 11.3 Å². The molecule has 17 heavy (non-hydrogen) atoms. The van der Waals surface area contributed by atoms with Crippen molar-refractivity contribution >= 4 is 5.97 Å². The van der Waals surface area contributed by atoms with Crippen LogP contribution in [-0.2, 0) is 4.79 Å². The summed E-state index contributed by atoms with van der Waals surface area (Å²) in [6.07, 6.45) is -1.39. The third-order valence-corrected chi connectivity index (χ3v) is 2.39. The molecule has 0 unspecified atom stereocenters. The van der Waals surface area contributed by atoms with Gasteiger partial charge in [-0.1, -0.05) is 30.3 Å². The van der Waals surface area contributed by atoms with Crippen molar-refractivity contribution in [1.29, 1.82) is 0 Å². The molecule has 0 aliphatic carbocycles. The topological polar surface area (TPSA) is 86.2 Å². The number of aromatic nitrogens is 2. The number of aliphatic hydroxyl groups excluding tert-OH is 1. The van der Waals surface area contributed by atoms with Gasteiger partial charge in [0.2, 0.25) is 0 Å². The Kier molecular flexibility index (Phi) is 3.20. The van der Waals surface area contributed by atoms with Gasteiger partial charge in [-0.3, -0.25) is 9.89 Å². The first-order chi connectivity index (χ1) is 8.16. The van der Waals surface area contributed by atoms with Gasteiger partial charge in [0.05, 0.1) is 17.8 Å². The Bertz CT molecular complexity index is 507. The Balaban J connectivity index is 2.19. The number of nitrogens with one attached hydrogen (secondary N) is 1. The lowest BCUT2D eigenvalue weighted by Gasteiger charge is -2.02. The van der Waals surface area contributed by atoms with E-state index in [1.165, 1.54) is 0 Å². The molecule has 1 aromatic carbocycles. The Labute approximate surface area is 97.7 Å². The van der Waals surface area contributed by atoms with E-state index < -0.39 is 12.1 Å². The van der Waals surface area contributed by atoms with Gasteiger partial charge in [-0.05, 0) is 6.07 Å². The van der Waals surface area contributed by atoms with E-state index in [9.17, 15) is 9.90 Å². The van der Waals surface area contributed by atoms with Gasteiger partial charge in [-0.15, -0.1) is 0 Å². The Morgan fingerprint density at radius 3 is 2.71 bits per heavy atom. The highest BCUT2D eigenvalue weighted by molar-refractivity contribution is 5.67. The first-order valence-corrected chi connectivity index (χ1v) is 5.17. The number of aliphatic carboxylic acids is 1. The van der Waals surface area contributed by atoms with Crippen molar-refractivity contribution in [2.45, 2.75) is 12.5 Å². The molecule has 0 aliphatic heterocycles. The molecule has 2 rings (SSSR count). The molecule has 0 radical (unpaired) electrons. The van der Waals surface area contributed by atoms with Crippen LogP contribution in [0, 0.1) is 0 Å². The summed E-state index contributed by atoms with van der Waals surface area (Å²) in [5, 5.41) is 24.9. The van der Waals surface area contributed by atoms with Crippen molar-refractivity contribution in [1.82, 2.24) is 10.2 Å². The van der Waals surface area contributed by atoms with Crippen LogP contribution in [0.4, 0.5) is 0 Å². The van der Waals surface area contributed by atoms with Crippen molar-refractivity contribution in [3.05, 3.63) is 42.1 Å². The number of rotatable bonds is 4. The molecule has 0 saturated carbocycles. The minimum absolute atomic E-state index is 0.337. The largest absolute Gasteiger partial charge is 0.481 e. The summed E-state index contributed by atoms with van der Waals surface area (Å²) in [6, 6.07) is 11.1. The number of H-pyrrole nitrogens is 1. The van der Waals surface area contributed by atoms with Gasteiger partial charge in [-0.2, -0.15) is 5.10 Å². The van der Waals surface area contributed by atoms with Crippen LogP contribution in [0.5, 0.6) is 0 Å². The van der Waals surface area contributed by atoms with Crippen molar-refractivity contribution in [2.75, 3.05) is 0 Å². The molecular weight excluding hydrogens is 220 g/mol. The van der Waals surface area contributed by atoms with Gasteiger partial charge in [-0.25, -0.2) is 0 Å². The van der Waals surface area contributed by atoms with Gasteiger partial charge >= 0.3 is 5.97 Å². The first kappa shape index (κ1) is 11.3. The lowest BCUT2D eigenvalue weighted by molar-refractivity contribution is -0.139. The normalized spacial score (nSPS) is 12.3. The second kappa shape index (κ2) is 4.80. The molecule has 0 fully saturated rings. The lowest BCUT2D eigenvalue weighted by atomic mass is 10.1. The number of hydrogen-bond donors (Lipinski definition) is 3. The molecule has 0 bridgehead atoms. The van der Waals surface area contributed by atoms with Crippen molar-refractivity contribution in [3.8, 4) is 11.3 Å². The maximum absolute atomic E-state index is 10.5. The number of carboxylic acids is 1. The SMILES string of the molecule is O=C(O)C[C@@H](O)c1cc(-c2ccccc2)n[nH]1. The highest BCUT2D eigenvalue weighted by Crippen LogP contribution is 2.21. The van der Waals surface area contributed by atoms with E-state index in [0.29, 0.717) is 11.4 Å². The molecule has 0 aliphatic rings. The maximum Gasteiger partial charge on any atom is 0.306 e. The summed E-state index contributed by atoms with van der Waals surface area (Å²) < 4.78 is 0. The number of benzene rings is 1. The zero-order valence-electron chi connectivity index (χ0n) is 9.00. The summed E-state index contributed by atoms with van der Waals surface area (Å²) in [7, 11) is 0. The first-order valence-electron chi connectivity index (χ1n) is 5.17. The van der Waals surface area contributed by atoms with E-state index in [0.717, 1.165) is 5.56 Å². The number of carbonyl (C=O) groups is 1. The predicted molar refractivity (Wildman–Crippen MR) is 61.2 cm³/mol. The fourth-order valence-electron chi connectivity index (χ4n) is 1.54. The van der Waals surface area contributed by atoms with Crippen LogP contribution in [0.15, 0.2) is 36.4 Å². The van der Waals surface area contributed by atoms with Crippen LogP contribution < -0.4 is 0 Å². The quantitative estimate of drug-likeness (QED) is 0.747. The molecule has 1 atom stereocenters. The van der Waals surface area contributed by atoms with E-state index >= 15 is 0 Å². The van der Waals surface area contributed by atoms with Gasteiger partial charge in [0.1, 0.15) is 6.10 Å². The van der Waals surface area contributed by atoms with Crippen LogP contribution in [-0.4, -0.2) is 26.4 Å². The van der Waals surface area contributed by atoms with Crippen LogP contribution in [0.2, 0.25) is 0 Å². The fourth-order valence-corrected chi connectivity index (χ4v) is 1.54. The molecule has 1 heterocycles. The monoisotopic (exact) mass is 232 g/mol. The average Bonchev–Trinajstić information content (AvgIpc) is 2.78. The Morgan fingerprint density at radius 2 is 2.06 bits per heavy atom. The van der Waals surface area contributed by atoms with Crippen LogP contribution >= 0.6 is 0 Å². The second-order valence-electron chi connectivity index (χ2n) is 3.69. The highest BCUT2D eigenvalue weighted by atomic mass is 16.4. The number of aliphatic hydroxyl groups is 1. The molecule has 3 N–H and O–H groups in total. The van der Waals surface area contributed by atoms with E-state index in [1.807, 2.05) is 30.3 Å². The zero-order valence-corrected chi connectivity index (χ0v) is 9.00. The third kappa shape index (κ3) is 2.70. The molecule has 0 saturated heterocycles. The highest BCUT2D eigenvalue weighted by Gasteiger charge is 2.15. The molecule has 0 amide bonds. The Hall–Kier alpha value is -2.14. The van der Waals surface area contributed by atoms with E-state index in [1.54, 1.807) is 6.07 Å². The summed E-state index contributed by atoms with van der Waals surface area (Å²) >= 11 is 0. The van der Waals surface area contributed by atoms with E-state index in [-0.39, 0.29) is 6.42 Å². The van der Waals surface area contributed by atoms with Gasteiger partial charge < -0.3 is 10.2 Å². The molecule has 0 spiro atoms. The van der Waals surface area contributed by atoms with Crippen molar-refractivity contribution in [2.24, 2.45) is 0 Å². The smallest absolute Gasteiger partial charge is 0.306 e. The third-order valence-electron chi connectivity index (χ3n) is 2.39. The summed E-state index contributed by atoms with van der Waals surface area (Å²) in [5.74, 6) is -1.05. The van der Waals surface area contributed by atoms with E-state index in [2.05, 4.69) is 10.2 Å². The summed E-state index contributed by atoms with van der Waals surface area (Å²) in [5.41, 5.74) is 2.01. The molecule has 5 nitrogen and oxygen atoms in total. The van der Waals surface area contributed by atoms with Crippen molar-refractivity contribution < 1.29 is 15.0 Å². The van der Waals surface area contributed by atoms with Gasteiger partial charge in [0, 0.05) is 5.56 Å². The molecule has 88 valence electrons. The number of hydrogen-bond acceptors (Lipinski definition) is 3. The predicted octanol–water partition coefficient (Wildman–Crippen LogP) is 1.58. The minimum Gasteiger partial charge on any atom is -0.481 e. The van der Waals surface area contributed by atoms with Crippen LogP contribution in [0.1, 0.15) is 18.2 Å². The van der Waals surface area contributed by atoms with Gasteiger partial charge in [0.15, 0.2) is 0 Å². The van der Waals surface area contributed by atoms with Gasteiger partial charge in [0.25, 0.3) is 0 Å². The Morgan fingerprint density at radius 1 is 1.35 bits per heavy atom. The summed E-state index contributed by atoms with van der Waals surface area (Å²) in [6.45, 7) is 0. The standard InChI is InChI=1S/C12H12N2O3/c15-11(7-12(16)17)10-6-9(13-14-10)8-4-2-1-3-5-8/h1-6,11,15H,7H2,(H,13,14)(H,16,17)/t11-/m1/s1. The number of carboxylic acid groups (broad SMARTS) is 1.